The Hall–Kier alpha value is -1.40. The Kier molecular flexibility index (Phi) is 4.92. The van der Waals surface area contributed by atoms with Crippen LogP contribution in [-0.2, 0) is 14.6 Å². The summed E-state index contributed by atoms with van der Waals surface area (Å²) in [5, 5.41) is -0.562. The van der Waals surface area contributed by atoms with Crippen LogP contribution in [0.3, 0.4) is 0 Å². The van der Waals surface area contributed by atoms with E-state index in [1.807, 2.05) is 0 Å². The Morgan fingerprint density at radius 3 is 2.41 bits per heavy atom. The second-order valence-corrected chi connectivity index (χ2v) is 8.46. The van der Waals surface area contributed by atoms with Gasteiger partial charge >= 0.3 is 0 Å². The van der Waals surface area contributed by atoms with Crippen LogP contribution >= 0.6 is 0 Å². The zero-order chi connectivity index (χ0) is 16.5. The molecule has 122 valence electrons. The maximum absolute atomic E-state index is 12.7. The first-order chi connectivity index (χ1) is 10.3. The van der Waals surface area contributed by atoms with Crippen molar-refractivity contribution in [1.29, 1.82) is 0 Å². The van der Waals surface area contributed by atoms with Gasteiger partial charge in [-0.15, -0.1) is 0 Å². The monoisotopic (exact) mass is 325 g/mol. The van der Waals surface area contributed by atoms with Crippen LogP contribution < -0.4 is 0 Å². The second-order valence-electron chi connectivity index (χ2n) is 5.99. The maximum atomic E-state index is 12.7. The predicted octanol–water partition coefficient (Wildman–Crippen LogP) is 2.12. The van der Waals surface area contributed by atoms with Gasteiger partial charge in [0.2, 0.25) is 0 Å². The van der Waals surface area contributed by atoms with E-state index in [1.54, 1.807) is 51.1 Å². The summed E-state index contributed by atoms with van der Waals surface area (Å²) < 4.78 is 30.1. The number of hydrogen-bond acceptors (Lipinski definition) is 4. The van der Waals surface area contributed by atoms with Gasteiger partial charge in [0.25, 0.3) is 5.91 Å². The van der Waals surface area contributed by atoms with E-state index in [4.69, 9.17) is 4.74 Å². The molecular weight excluding hydrogens is 302 g/mol. The molecule has 0 aromatic heterocycles. The number of methoxy groups -OCH3 is 1. The lowest BCUT2D eigenvalue weighted by Crippen LogP contribution is -2.48. The molecule has 1 fully saturated rings. The fourth-order valence-corrected chi connectivity index (χ4v) is 3.79. The van der Waals surface area contributed by atoms with Crippen LogP contribution in [0.15, 0.2) is 29.2 Å². The highest BCUT2D eigenvalue weighted by molar-refractivity contribution is 7.92. The molecule has 0 atom stereocenters. The van der Waals surface area contributed by atoms with Crippen molar-refractivity contribution < 1.29 is 17.9 Å². The van der Waals surface area contributed by atoms with E-state index in [0.29, 0.717) is 0 Å². The number of sulfone groups is 1. The number of rotatable bonds is 5. The molecule has 1 aromatic rings. The maximum Gasteiger partial charge on any atom is 0.255 e. The number of carbonyl (C=O) groups excluding carboxylic acids is 1. The molecular formula is C16H23NO4S. The van der Waals surface area contributed by atoms with Crippen LogP contribution in [0.1, 0.15) is 37.0 Å². The second kappa shape index (κ2) is 6.38. The highest BCUT2D eigenvalue weighted by Gasteiger charge is 2.36. The third kappa shape index (κ3) is 3.03. The topological polar surface area (TPSA) is 63.7 Å². The van der Waals surface area contributed by atoms with Gasteiger partial charge in [-0.2, -0.15) is 0 Å². The van der Waals surface area contributed by atoms with Gasteiger partial charge in [0, 0.05) is 20.2 Å². The third-order valence-electron chi connectivity index (χ3n) is 4.32. The lowest BCUT2D eigenvalue weighted by atomic mass is 9.88. The summed E-state index contributed by atoms with van der Waals surface area (Å²) in [6, 6.07) is 6.54. The summed E-state index contributed by atoms with van der Waals surface area (Å²) in [7, 11) is -0.108. The Balaban J connectivity index is 2.28. The van der Waals surface area contributed by atoms with Gasteiger partial charge in [-0.05, 0) is 38.8 Å². The average Bonchev–Trinajstić information content (AvgIpc) is 2.45. The summed E-state index contributed by atoms with van der Waals surface area (Å²) in [5.41, 5.74) is 0.250. The van der Waals surface area contributed by atoms with Crippen LogP contribution in [0.2, 0.25) is 0 Å². The first-order valence-electron chi connectivity index (χ1n) is 7.42. The highest BCUT2D eigenvalue weighted by atomic mass is 32.2. The summed E-state index contributed by atoms with van der Waals surface area (Å²) in [5.74, 6) is -0.251. The van der Waals surface area contributed by atoms with Crippen molar-refractivity contribution in [2.24, 2.45) is 0 Å². The molecule has 2 rings (SSSR count). The molecule has 1 aliphatic rings. The summed E-state index contributed by atoms with van der Waals surface area (Å²) in [6.07, 6.45) is 1.77. The minimum atomic E-state index is -3.49. The van der Waals surface area contributed by atoms with Gasteiger partial charge in [-0.3, -0.25) is 4.79 Å². The van der Waals surface area contributed by atoms with Gasteiger partial charge in [-0.1, -0.05) is 12.1 Å². The standard InChI is InChI=1S/C16H23NO4S/c1-11(2)22(19,20)15-8-6-5-7-14(15)16(18)17(3)12-9-13(10-12)21-4/h5-8,11-13H,9-10H2,1-4H3. The average molecular weight is 325 g/mol. The van der Waals surface area contributed by atoms with Crippen LogP contribution in [0, 0.1) is 0 Å². The largest absolute Gasteiger partial charge is 0.381 e. The number of nitrogens with zero attached hydrogens (tertiary/aromatic N) is 1. The highest BCUT2D eigenvalue weighted by Crippen LogP contribution is 2.29. The normalized spacial score (nSPS) is 21.5. The molecule has 1 aliphatic carbocycles. The van der Waals surface area contributed by atoms with Gasteiger partial charge in [0.05, 0.1) is 21.8 Å². The quantitative estimate of drug-likeness (QED) is 0.832. The fourth-order valence-electron chi connectivity index (χ4n) is 2.55. The smallest absolute Gasteiger partial charge is 0.255 e. The molecule has 0 unspecified atom stereocenters. The van der Waals surface area contributed by atoms with E-state index in [9.17, 15) is 13.2 Å². The van der Waals surface area contributed by atoms with E-state index in [-0.39, 0.29) is 28.5 Å². The molecule has 1 aromatic carbocycles. The molecule has 0 aliphatic heterocycles. The van der Waals surface area contributed by atoms with Crippen molar-refractivity contribution in [2.75, 3.05) is 14.2 Å². The molecule has 1 amide bonds. The molecule has 5 nitrogen and oxygen atoms in total. The van der Waals surface area contributed by atoms with E-state index in [1.165, 1.54) is 6.07 Å². The SMILES string of the molecule is COC1CC(N(C)C(=O)c2ccccc2S(=O)(=O)C(C)C)C1. The lowest BCUT2D eigenvalue weighted by Gasteiger charge is -2.40. The fraction of sp³-hybridized carbons (Fsp3) is 0.562. The number of hydrogen-bond donors (Lipinski definition) is 0. The molecule has 22 heavy (non-hydrogen) atoms. The van der Waals surface area contributed by atoms with Crippen LogP contribution in [0.25, 0.3) is 0 Å². The number of benzene rings is 1. The first-order valence-corrected chi connectivity index (χ1v) is 8.96. The van der Waals surface area contributed by atoms with Crippen molar-refractivity contribution in [1.82, 2.24) is 4.90 Å². The molecule has 0 radical (unpaired) electrons. The minimum Gasteiger partial charge on any atom is -0.381 e. The van der Waals surface area contributed by atoms with E-state index in [0.717, 1.165) is 12.8 Å². The Labute approximate surface area is 132 Å². The van der Waals surface area contributed by atoms with Crippen molar-refractivity contribution in [2.45, 2.75) is 49.0 Å². The van der Waals surface area contributed by atoms with Crippen LogP contribution in [-0.4, -0.2) is 50.8 Å². The number of carbonyl (C=O) groups is 1. The number of amides is 1. The Morgan fingerprint density at radius 1 is 1.27 bits per heavy atom. The predicted molar refractivity (Wildman–Crippen MR) is 84.7 cm³/mol. The lowest BCUT2D eigenvalue weighted by molar-refractivity contribution is -0.0145. The molecule has 0 N–H and O–H groups in total. The molecule has 1 saturated carbocycles. The van der Waals surface area contributed by atoms with Crippen molar-refractivity contribution in [3.8, 4) is 0 Å². The van der Waals surface area contributed by atoms with Crippen LogP contribution in [0.4, 0.5) is 0 Å². The van der Waals surface area contributed by atoms with Crippen LogP contribution in [0.5, 0.6) is 0 Å². The molecule has 0 bridgehead atoms. The Morgan fingerprint density at radius 2 is 1.86 bits per heavy atom. The van der Waals surface area contributed by atoms with Crippen molar-refractivity contribution in [3.05, 3.63) is 29.8 Å². The van der Waals surface area contributed by atoms with E-state index < -0.39 is 15.1 Å². The van der Waals surface area contributed by atoms with Gasteiger partial charge in [-0.25, -0.2) is 8.42 Å². The first kappa shape index (κ1) is 17.0. The minimum absolute atomic E-state index is 0.104. The number of ether oxygens (including phenoxy) is 1. The molecule has 0 spiro atoms. The molecule has 0 saturated heterocycles. The zero-order valence-electron chi connectivity index (χ0n) is 13.4. The van der Waals surface area contributed by atoms with Crippen molar-refractivity contribution >= 4 is 15.7 Å². The van der Waals surface area contributed by atoms with Gasteiger partial charge < -0.3 is 9.64 Å². The van der Waals surface area contributed by atoms with Gasteiger partial charge in [0.1, 0.15) is 0 Å². The molecule has 6 heteroatoms. The molecule has 0 heterocycles. The van der Waals surface area contributed by atoms with Crippen molar-refractivity contribution in [3.63, 3.8) is 0 Å². The summed E-state index contributed by atoms with van der Waals surface area (Å²) in [6.45, 7) is 3.24. The van der Waals surface area contributed by atoms with E-state index in [2.05, 4.69) is 0 Å². The summed E-state index contributed by atoms with van der Waals surface area (Å²) >= 11 is 0. The summed E-state index contributed by atoms with van der Waals surface area (Å²) in [4.78, 5) is 14.4. The zero-order valence-corrected chi connectivity index (χ0v) is 14.3. The van der Waals surface area contributed by atoms with Gasteiger partial charge in [0.15, 0.2) is 9.84 Å². The third-order valence-corrected chi connectivity index (χ3v) is 6.53. The van der Waals surface area contributed by atoms with E-state index >= 15 is 0 Å². The Bertz CT molecular complexity index is 648.